The van der Waals surface area contributed by atoms with Crippen molar-refractivity contribution in [1.82, 2.24) is 10.2 Å². The van der Waals surface area contributed by atoms with Crippen LogP contribution in [0.2, 0.25) is 0 Å². The lowest BCUT2D eigenvalue weighted by Crippen LogP contribution is -2.54. The summed E-state index contributed by atoms with van der Waals surface area (Å²) < 4.78 is 5.47. The summed E-state index contributed by atoms with van der Waals surface area (Å²) in [6, 6.07) is 8.04. The maximum absolute atomic E-state index is 12.2. The monoisotopic (exact) mass is 355 g/mol. The Morgan fingerprint density at radius 2 is 2.21 bits per heavy atom. The molecule has 1 aromatic carbocycles. The van der Waals surface area contributed by atoms with Crippen LogP contribution in [0.4, 0.5) is 0 Å². The summed E-state index contributed by atoms with van der Waals surface area (Å²) >= 11 is 0. The molecule has 2 rings (SSSR count). The first kappa shape index (κ1) is 20.7. The van der Waals surface area contributed by atoms with Gasteiger partial charge in [0.15, 0.2) is 0 Å². The van der Waals surface area contributed by atoms with Crippen molar-refractivity contribution in [2.45, 2.75) is 39.8 Å². The van der Waals surface area contributed by atoms with Gasteiger partial charge in [0.1, 0.15) is 5.75 Å². The second-order valence-corrected chi connectivity index (χ2v) is 6.95. The highest BCUT2D eigenvalue weighted by atomic mass is 35.5. The molecule has 6 heteroatoms. The van der Waals surface area contributed by atoms with Crippen LogP contribution < -0.4 is 15.8 Å². The first-order valence-corrected chi connectivity index (χ1v) is 8.37. The summed E-state index contributed by atoms with van der Waals surface area (Å²) in [4.78, 5) is 14.4. The van der Waals surface area contributed by atoms with Gasteiger partial charge in [-0.2, -0.15) is 0 Å². The van der Waals surface area contributed by atoms with Gasteiger partial charge in [-0.1, -0.05) is 26.0 Å². The van der Waals surface area contributed by atoms with E-state index in [-0.39, 0.29) is 29.8 Å². The molecule has 0 radical (unpaired) electrons. The predicted octanol–water partition coefficient (Wildman–Crippen LogP) is 2.18. The number of carbonyl (C=O) groups is 1. The van der Waals surface area contributed by atoms with Crippen LogP contribution in [0.15, 0.2) is 24.3 Å². The molecule has 0 aliphatic carbocycles. The molecular formula is C18H30ClN3O2. The third-order valence-electron chi connectivity index (χ3n) is 4.46. The summed E-state index contributed by atoms with van der Waals surface area (Å²) in [5.74, 6) is 0.893. The Morgan fingerprint density at radius 1 is 1.46 bits per heavy atom. The van der Waals surface area contributed by atoms with E-state index >= 15 is 0 Å². The van der Waals surface area contributed by atoms with E-state index in [1.807, 2.05) is 31.2 Å². The molecule has 1 amide bonds. The number of amides is 1. The van der Waals surface area contributed by atoms with Crippen molar-refractivity contribution in [3.8, 4) is 5.75 Å². The fraction of sp³-hybridized carbons (Fsp3) is 0.611. The highest BCUT2D eigenvalue weighted by molar-refractivity contribution is 5.85. The SMILES string of the molecule is CCOc1cccc(CNC(=O)CN2CCC(N)C(C)(C)C2)c1.Cl. The number of likely N-dealkylation sites (tertiary alicyclic amines) is 1. The molecule has 0 spiro atoms. The summed E-state index contributed by atoms with van der Waals surface area (Å²) in [5.41, 5.74) is 7.25. The van der Waals surface area contributed by atoms with Crippen LogP contribution >= 0.6 is 12.4 Å². The van der Waals surface area contributed by atoms with Crippen LogP contribution in [0.3, 0.4) is 0 Å². The number of piperidine rings is 1. The zero-order valence-corrected chi connectivity index (χ0v) is 15.7. The number of nitrogens with one attached hydrogen (secondary N) is 1. The molecule has 1 unspecified atom stereocenters. The second kappa shape index (κ2) is 9.25. The molecule has 5 nitrogen and oxygen atoms in total. The molecule has 1 aliphatic rings. The molecule has 24 heavy (non-hydrogen) atoms. The molecule has 1 aromatic rings. The van der Waals surface area contributed by atoms with Crippen molar-refractivity contribution in [3.05, 3.63) is 29.8 Å². The molecule has 1 aliphatic heterocycles. The van der Waals surface area contributed by atoms with E-state index in [4.69, 9.17) is 10.5 Å². The van der Waals surface area contributed by atoms with Crippen molar-refractivity contribution in [3.63, 3.8) is 0 Å². The van der Waals surface area contributed by atoms with Gasteiger partial charge in [-0.15, -0.1) is 12.4 Å². The van der Waals surface area contributed by atoms with Crippen LogP contribution in [-0.4, -0.2) is 43.1 Å². The van der Waals surface area contributed by atoms with Crippen molar-refractivity contribution in [2.24, 2.45) is 11.1 Å². The Bertz CT molecular complexity index is 537. The molecule has 1 saturated heterocycles. The maximum Gasteiger partial charge on any atom is 0.234 e. The molecule has 1 atom stereocenters. The molecule has 0 aromatic heterocycles. The summed E-state index contributed by atoms with van der Waals surface area (Å²) in [7, 11) is 0. The van der Waals surface area contributed by atoms with Gasteiger partial charge in [0.25, 0.3) is 0 Å². The van der Waals surface area contributed by atoms with Crippen molar-refractivity contribution in [1.29, 1.82) is 0 Å². The van der Waals surface area contributed by atoms with Crippen LogP contribution in [0.5, 0.6) is 5.75 Å². The van der Waals surface area contributed by atoms with Crippen molar-refractivity contribution >= 4 is 18.3 Å². The normalized spacial score (nSPS) is 20.1. The Kier molecular flexibility index (Phi) is 8.00. The lowest BCUT2D eigenvalue weighted by molar-refractivity contribution is -0.123. The van der Waals surface area contributed by atoms with Gasteiger partial charge < -0.3 is 15.8 Å². The maximum atomic E-state index is 12.2. The van der Waals surface area contributed by atoms with E-state index in [9.17, 15) is 4.79 Å². The average molecular weight is 356 g/mol. The third kappa shape index (κ3) is 5.96. The number of hydrogen-bond acceptors (Lipinski definition) is 4. The van der Waals surface area contributed by atoms with Crippen molar-refractivity contribution in [2.75, 3.05) is 26.2 Å². The largest absolute Gasteiger partial charge is 0.494 e. The fourth-order valence-electron chi connectivity index (χ4n) is 2.99. The fourth-order valence-corrected chi connectivity index (χ4v) is 2.99. The first-order chi connectivity index (χ1) is 10.9. The second-order valence-electron chi connectivity index (χ2n) is 6.95. The predicted molar refractivity (Wildman–Crippen MR) is 99.5 cm³/mol. The zero-order valence-electron chi connectivity index (χ0n) is 14.9. The number of ether oxygens (including phenoxy) is 1. The van der Waals surface area contributed by atoms with Gasteiger partial charge in [-0.3, -0.25) is 9.69 Å². The number of rotatable bonds is 6. The molecule has 1 fully saturated rings. The molecule has 0 saturated carbocycles. The van der Waals surface area contributed by atoms with Gasteiger partial charge in [0.05, 0.1) is 13.2 Å². The Balaban J connectivity index is 0.00000288. The summed E-state index contributed by atoms with van der Waals surface area (Å²) in [6.07, 6.45) is 0.941. The standard InChI is InChI=1S/C18H29N3O2.ClH/c1-4-23-15-7-5-6-14(10-15)11-20-17(22)12-21-9-8-16(19)18(2,3)13-21;/h5-7,10,16H,4,8-9,11-13,19H2,1-3H3,(H,20,22);1H. The molecule has 0 bridgehead atoms. The average Bonchev–Trinajstić information content (AvgIpc) is 2.49. The Labute approximate surface area is 151 Å². The third-order valence-corrected chi connectivity index (χ3v) is 4.46. The molecule has 1 heterocycles. The number of hydrogen-bond donors (Lipinski definition) is 2. The number of nitrogens with zero attached hydrogens (tertiary/aromatic N) is 1. The quantitative estimate of drug-likeness (QED) is 0.820. The van der Waals surface area contributed by atoms with E-state index in [0.29, 0.717) is 19.7 Å². The lowest BCUT2D eigenvalue weighted by Gasteiger charge is -2.42. The summed E-state index contributed by atoms with van der Waals surface area (Å²) in [5, 5.41) is 2.99. The number of nitrogens with two attached hydrogens (primary N) is 1. The van der Waals surface area contributed by atoms with Crippen molar-refractivity contribution < 1.29 is 9.53 Å². The van der Waals surface area contributed by atoms with Crippen LogP contribution in [0.1, 0.15) is 32.8 Å². The van der Waals surface area contributed by atoms with E-state index in [1.165, 1.54) is 0 Å². The number of carbonyl (C=O) groups excluding carboxylic acids is 1. The first-order valence-electron chi connectivity index (χ1n) is 8.37. The Morgan fingerprint density at radius 3 is 2.88 bits per heavy atom. The molecule has 136 valence electrons. The van der Waals surface area contributed by atoms with E-state index in [1.54, 1.807) is 0 Å². The van der Waals surface area contributed by atoms with Gasteiger partial charge in [-0.25, -0.2) is 0 Å². The van der Waals surface area contributed by atoms with Crippen LogP contribution in [-0.2, 0) is 11.3 Å². The minimum Gasteiger partial charge on any atom is -0.494 e. The van der Waals surface area contributed by atoms with Gasteiger partial charge >= 0.3 is 0 Å². The molecular weight excluding hydrogens is 326 g/mol. The molecule has 3 N–H and O–H groups in total. The lowest BCUT2D eigenvalue weighted by atomic mass is 9.80. The smallest absolute Gasteiger partial charge is 0.234 e. The van der Waals surface area contributed by atoms with Gasteiger partial charge in [-0.05, 0) is 36.5 Å². The van der Waals surface area contributed by atoms with Gasteiger partial charge in [0, 0.05) is 25.7 Å². The topological polar surface area (TPSA) is 67.6 Å². The van der Waals surface area contributed by atoms with Crippen LogP contribution in [0, 0.1) is 5.41 Å². The van der Waals surface area contributed by atoms with E-state index in [0.717, 1.165) is 30.8 Å². The summed E-state index contributed by atoms with van der Waals surface area (Å²) in [6.45, 7) is 9.64. The number of halogens is 1. The highest BCUT2D eigenvalue weighted by Gasteiger charge is 2.33. The zero-order chi connectivity index (χ0) is 16.9. The number of benzene rings is 1. The minimum atomic E-state index is 0. The highest BCUT2D eigenvalue weighted by Crippen LogP contribution is 2.27. The van der Waals surface area contributed by atoms with Crippen LogP contribution in [0.25, 0.3) is 0 Å². The van der Waals surface area contributed by atoms with E-state index < -0.39 is 0 Å². The van der Waals surface area contributed by atoms with E-state index in [2.05, 4.69) is 24.1 Å². The van der Waals surface area contributed by atoms with Gasteiger partial charge in [0.2, 0.25) is 5.91 Å². The minimum absolute atomic E-state index is 0. The Hall–Kier alpha value is -1.30.